The van der Waals surface area contributed by atoms with E-state index in [1.54, 1.807) is 28.9 Å². The Kier molecular flexibility index (Phi) is 3.81. The summed E-state index contributed by atoms with van der Waals surface area (Å²) in [5.74, 6) is -1.05. The molecule has 0 aliphatic rings. The summed E-state index contributed by atoms with van der Waals surface area (Å²) in [6.07, 6.45) is 0. The predicted molar refractivity (Wildman–Crippen MR) is 87.0 cm³/mol. The average molecular weight is 335 g/mol. The lowest BCUT2D eigenvalue weighted by Crippen LogP contribution is -2.10. The van der Waals surface area contributed by atoms with E-state index < -0.39 is 5.97 Å². The summed E-state index contributed by atoms with van der Waals surface area (Å²) >= 11 is 12.2. The van der Waals surface area contributed by atoms with Gasteiger partial charge in [0.15, 0.2) is 5.69 Å². The van der Waals surface area contributed by atoms with E-state index in [2.05, 4.69) is 5.10 Å². The van der Waals surface area contributed by atoms with E-state index in [0.29, 0.717) is 15.4 Å². The minimum Gasteiger partial charge on any atom is -0.476 e. The molecule has 0 amide bonds. The normalized spacial score (nSPS) is 12.5. The third-order valence-corrected chi connectivity index (χ3v) is 4.16. The number of para-hydroxylation sites is 1. The topological polar surface area (TPSA) is 55.1 Å². The molecule has 1 N–H and O–H groups in total. The lowest BCUT2D eigenvalue weighted by Gasteiger charge is -2.15. The van der Waals surface area contributed by atoms with Gasteiger partial charge in [-0.1, -0.05) is 47.5 Å². The zero-order valence-electron chi connectivity index (χ0n) is 11.6. The van der Waals surface area contributed by atoms with E-state index in [-0.39, 0.29) is 11.7 Å². The van der Waals surface area contributed by atoms with Gasteiger partial charge in [-0.25, -0.2) is 4.79 Å². The standard InChI is InChI=1S/C16H12Cl2N2O2/c1-9(11-7-6-10(17)8-13(11)18)20-14-5-3-2-4-12(14)15(19-20)16(21)22/h2-9H,1H3,(H,21,22). The highest BCUT2D eigenvalue weighted by atomic mass is 35.5. The van der Waals surface area contributed by atoms with Gasteiger partial charge in [0.25, 0.3) is 0 Å². The average Bonchev–Trinajstić information content (AvgIpc) is 2.86. The summed E-state index contributed by atoms with van der Waals surface area (Å²) in [4.78, 5) is 11.4. The van der Waals surface area contributed by atoms with Crippen LogP contribution in [0.15, 0.2) is 42.5 Å². The Morgan fingerprint density at radius 3 is 2.64 bits per heavy atom. The molecule has 0 saturated heterocycles. The Balaban J connectivity index is 2.19. The molecular weight excluding hydrogens is 323 g/mol. The molecule has 22 heavy (non-hydrogen) atoms. The number of halogens is 2. The smallest absolute Gasteiger partial charge is 0.357 e. The molecule has 0 aliphatic heterocycles. The second-order valence-electron chi connectivity index (χ2n) is 4.96. The first-order valence-corrected chi connectivity index (χ1v) is 7.40. The fourth-order valence-corrected chi connectivity index (χ4v) is 3.08. The lowest BCUT2D eigenvalue weighted by atomic mass is 10.1. The SMILES string of the molecule is CC(c1ccc(Cl)cc1Cl)n1nc(C(=O)O)c2ccccc21. The van der Waals surface area contributed by atoms with Crippen LogP contribution in [-0.2, 0) is 0 Å². The molecule has 0 spiro atoms. The largest absolute Gasteiger partial charge is 0.476 e. The van der Waals surface area contributed by atoms with Crippen LogP contribution in [-0.4, -0.2) is 20.9 Å². The van der Waals surface area contributed by atoms with Crippen LogP contribution < -0.4 is 0 Å². The quantitative estimate of drug-likeness (QED) is 0.758. The van der Waals surface area contributed by atoms with Crippen LogP contribution in [0.5, 0.6) is 0 Å². The first-order valence-electron chi connectivity index (χ1n) is 6.64. The number of nitrogens with zero attached hydrogens (tertiary/aromatic N) is 2. The molecule has 1 aromatic heterocycles. The van der Waals surface area contributed by atoms with Crippen LogP contribution in [0.3, 0.4) is 0 Å². The minimum atomic E-state index is -1.05. The summed E-state index contributed by atoms with van der Waals surface area (Å²) in [7, 11) is 0. The fourth-order valence-electron chi connectivity index (χ4n) is 2.51. The van der Waals surface area contributed by atoms with E-state index in [9.17, 15) is 9.90 Å². The maximum Gasteiger partial charge on any atom is 0.357 e. The van der Waals surface area contributed by atoms with Crippen LogP contribution >= 0.6 is 23.2 Å². The molecule has 1 unspecified atom stereocenters. The Morgan fingerprint density at radius 1 is 1.23 bits per heavy atom. The molecule has 0 bridgehead atoms. The maximum absolute atomic E-state index is 11.4. The number of hydrogen-bond acceptors (Lipinski definition) is 2. The molecule has 0 saturated carbocycles. The first kappa shape index (κ1) is 14.9. The Hall–Kier alpha value is -2.04. The highest BCUT2D eigenvalue weighted by Gasteiger charge is 2.21. The van der Waals surface area contributed by atoms with Crippen molar-refractivity contribution in [3.63, 3.8) is 0 Å². The third-order valence-electron chi connectivity index (χ3n) is 3.60. The van der Waals surface area contributed by atoms with Gasteiger partial charge in [-0.2, -0.15) is 5.10 Å². The number of carboxylic acid groups (broad SMARTS) is 1. The molecule has 6 heteroatoms. The van der Waals surface area contributed by atoms with E-state index in [1.165, 1.54) is 0 Å². The van der Waals surface area contributed by atoms with Crippen molar-refractivity contribution < 1.29 is 9.90 Å². The van der Waals surface area contributed by atoms with Gasteiger partial charge in [0.2, 0.25) is 0 Å². The summed E-state index contributed by atoms with van der Waals surface area (Å²) in [6.45, 7) is 1.92. The molecule has 112 valence electrons. The van der Waals surface area contributed by atoms with Crippen molar-refractivity contribution in [2.24, 2.45) is 0 Å². The van der Waals surface area contributed by atoms with Crippen molar-refractivity contribution >= 4 is 40.1 Å². The Labute approximate surface area is 136 Å². The molecular formula is C16H12Cl2N2O2. The van der Waals surface area contributed by atoms with Gasteiger partial charge >= 0.3 is 5.97 Å². The van der Waals surface area contributed by atoms with Crippen molar-refractivity contribution in [1.82, 2.24) is 9.78 Å². The number of hydrogen-bond donors (Lipinski definition) is 1. The zero-order valence-corrected chi connectivity index (χ0v) is 13.1. The summed E-state index contributed by atoms with van der Waals surface area (Å²) in [5.41, 5.74) is 1.61. The maximum atomic E-state index is 11.4. The number of aromatic carboxylic acids is 1. The third kappa shape index (κ3) is 2.45. The first-order chi connectivity index (χ1) is 10.5. The van der Waals surface area contributed by atoms with Crippen molar-refractivity contribution in [3.05, 3.63) is 63.8 Å². The van der Waals surface area contributed by atoms with E-state index in [1.807, 2.05) is 25.1 Å². The molecule has 1 atom stereocenters. The van der Waals surface area contributed by atoms with Crippen LogP contribution in [0.25, 0.3) is 10.9 Å². The van der Waals surface area contributed by atoms with Gasteiger partial charge in [-0.15, -0.1) is 0 Å². The molecule has 0 radical (unpaired) electrons. The van der Waals surface area contributed by atoms with Gasteiger partial charge in [0, 0.05) is 15.4 Å². The van der Waals surface area contributed by atoms with Crippen molar-refractivity contribution in [2.45, 2.75) is 13.0 Å². The Bertz CT molecular complexity index is 874. The Morgan fingerprint density at radius 2 is 1.95 bits per heavy atom. The number of benzene rings is 2. The molecule has 1 heterocycles. The fraction of sp³-hybridized carbons (Fsp3) is 0.125. The minimum absolute atomic E-state index is 0.0348. The molecule has 4 nitrogen and oxygen atoms in total. The van der Waals surface area contributed by atoms with Crippen molar-refractivity contribution in [3.8, 4) is 0 Å². The van der Waals surface area contributed by atoms with Gasteiger partial charge in [-0.05, 0) is 30.7 Å². The van der Waals surface area contributed by atoms with Crippen LogP contribution in [0, 0.1) is 0 Å². The number of aromatic nitrogens is 2. The van der Waals surface area contributed by atoms with Gasteiger partial charge in [-0.3, -0.25) is 4.68 Å². The zero-order chi connectivity index (χ0) is 15.9. The van der Waals surface area contributed by atoms with Crippen molar-refractivity contribution in [1.29, 1.82) is 0 Å². The molecule has 0 aliphatic carbocycles. The van der Waals surface area contributed by atoms with E-state index in [0.717, 1.165) is 11.1 Å². The van der Waals surface area contributed by atoms with Gasteiger partial charge in [0.1, 0.15) is 0 Å². The number of fused-ring (bicyclic) bond motifs is 1. The van der Waals surface area contributed by atoms with E-state index >= 15 is 0 Å². The second-order valence-corrected chi connectivity index (χ2v) is 5.80. The molecule has 3 aromatic rings. The van der Waals surface area contributed by atoms with Crippen LogP contribution in [0.2, 0.25) is 10.0 Å². The molecule has 3 rings (SSSR count). The summed E-state index contributed by atoms with van der Waals surface area (Å²) in [6, 6.07) is 12.3. The number of carbonyl (C=O) groups is 1. The van der Waals surface area contributed by atoms with Gasteiger partial charge in [0.05, 0.1) is 11.6 Å². The highest BCUT2D eigenvalue weighted by Crippen LogP contribution is 2.31. The predicted octanol–water partition coefficient (Wildman–Crippen LogP) is 4.65. The number of carboxylic acids is 1. The molecule has 2 aromatic carbocycles. The highest BCUT2D eigenvalue weighted by molar-refractivity contribution is 6.35. The monoisotopic (exact) mass is 334 g/mol. The van der Waals surface area contributed by atoms with Crippen LogP contribution in [0.1, 0.15) is 29.0 Å². The van der Waals surface area contributed by atoms with Gasteiger partial charge < -0.3 is 5.11 Å². The van der Waals surface area contributed by atoms with Crippen molar-refractivity contribution in [2.75, 3.05) is 0 Å². The number of rotatable bonds is 3. The van der Waals surface area contributed by atoms with E-state index in [4.69, 9.17) is 23.2 Å². The molecule has 0 fully saturated rings. The summed E-state index contributed by atoms with van der Waals surface area (Å²) in [5, 5.41) is 15.3. The van der Waals surface area contributed by atoms with Crippen LogP contribution in [0.4, 0.5) is 0 Å². The summed E-state index contributed by atoms with van der Waals surface area (Å²) < 4.78 is 1.67. The lowest BCUT2D eigenvalue weighted by molar-refractivity contribution is 0.0691. The second kappa shape index (κ2) is 5.63.